The number of hydrogen-bond acceptors (Lipinski definition) is 9. The van der Waals surface area contributed by atoms with Crippen molar-refractivity contribution < 1.29 is 18.9 Å². The predicted octanol–water partition coefficient (Wildman–Crippen LogP) is 17.5. The van der Waals surface area contributed by atoms with Crippen molar-refractivity contribution in [2.24, 2.45) is 28.9 Å². The lowest BCUT2D eigenvalue weighted by atomic mass is 9.87. The van der Waals surface area contributed by atoms with Crippen LogP contribution in [-0.4, -0.2) is 36.9 Å². The summed E-state index contributed by atoms with van der Waals surface area (Å²) in [6.07, 6.45) is 6.09. The van der Waals surface area contributed by atoms with Crippen molar-refractivity contribution in [3.05, 3.63) is 245 Å². The molecule has 10 atom stereocenters. The van der Waals surface area contributed by atoms with Gasteiger partial charge >= 0.3 is 0 Å². The van der Waals surface area contributed by atoms with Gasteiger partial charge in [0.1, 0.15) is 35.4 Å². The summed E-state index contributed by atoms with van der Waals surface area (Å²) in [5.41, 5.74) is 32.9. The lowest BCUT2D eigenvalue weighted by Gasteiger charge is -2.19. The number of nitrogens with two attached hydrogens (primary N) is 4. The fourth-order valence-corrected chi connectivity index (χ4v) is 10.9. The average molecular weight is 1150 g/mol. The molecule has 0 saturated heterocycles. The minimum absolute atomic E-state index is 0. The van der Waals surface area contributed by atoms with E-state index >= 15 is 0 Å². The molecular weight excluding hydrogens is 1050 g/mol. The van der Waals surface area contributed by atoms with Gasteiger partial charge in [-0.2, -0.15) is 0 Å². The van der Waals surface area contributed by atoms with Crippen LogP contribution in [0.5, 0.6) is 28.7 Å². The summed E-state index contributed by atoms with van der Waals surface area (Å²) in [5.74, 6) is 8.53. The molecule has 5 aliphatic carbocycles. The van der Waals surface area contributed by atoms with E-state index in [4.69, 9.17) is 41.9 Å². The van der Waals surface area contributed by atoms with Crippen LogP contribution < -0.4 is 41.9 Å². The number of rotatable bonds is 16. The van der Waals surface area contributed by atoms with Crippen LogP contribution >= 0.6 is 11.8 Å². The number of para-hydroxylation sites is 1. The maximum atomic E-state index is 5.84. The van der Waals surface area contributed by atoms with E-state index < -0.39 is 0 Å². The van der Waals surface area contributed by atoms with Crippen molar-refractivity contribution in [2.75, 3.05) is 6.61 Å². The van der Waals surface area contributed by atoms with Gasteiger partial charge in [-0.15, -0.1) is 0 Å². The molecule has 0 aliphatic heterocycles. The Hall–Kier alpha value is -6.85. The smallest absolute Gasteiger partial charge is 0.127 e. The molecule has 0 aromatic heterocycles. The number of benzene rings is 8. The number of ether oxygens (including phenoxy) is 4. The normalized spacial score (nSPS) is 22.6. The van der Waals surface area contributed by atoms with Gasteiger partial charge in [-0.05, 0) is 194 Å². The Labute approximate surface area is 507 Å². The molecule has 8 aromatic carbocycles. The molecule has 13 rings (SSSR count). The highest BCUT2D eigenvalue weighted by atomic mass is 32.2. The van der Waals surface area contributed by atoms with E-state index in [2.05, 4.69) is 137 Å². The molecule has 9 heteroatoms. The van der Waals surface area contributed by atoms with Crippen molar-refractivity contribution in [1.29, 1.82) is 0 Å². The first-order valence-electron chi connectivity index (χ1n) is 30.1. The van der Waals surface area contributed by atoms with Crippen LogP contribution in [0.3, 0.4) is 0 Å². The van der Waals surface area contributed by atoms with Gasteiger partial charge in [-0.1, -0.05) is 168 Å². The lowest BCUT2D eigenvalue weighted by Crippen LogP contribution is -2.10. The van der Waals surface area contributed by atoms with E-state index in [0.29, 0.717) is 54.4 Å². The molecule has 442 valence electrons. The minimum Gasteiger partial charge on any atom is -0.494 e. The molecule has 8 nitrogen and oxygen atoms in total. The molecular formula is C75H92N4O4S. The Kier molecular flexibility index (Phi) is 22.4. The van der Waals surface area contributed by atoms with E-state index in [1.807, 2.05) is 130 Å². The van der Waals surface area contributed by atoms with Crippen molar-refractivity contribution in [3.63, 3.8) is 0 Å². The molecule has 5 saturated carbocycles. The first-order chi connectivity index (χ1) is 40.1. The van der Waals surface area contributed by atoms with Gasteiger partial charge in [0.2, 0.25) is 0 Å². The molecule has 8 aromatic rings. The summed E-state index contributed by atoms with van der Waals surface area (Å²) in [5, 5.41) is 0. The first kappa shape index (κ1) is 63.2. The fraction of sp³-hybridized carbons (Fsp3) is 0.360. The molecule has 0 spiro atoms. The van der Waals surface area contributed by atoms with Crippen LogP contribution in [0.4, 0.5) is 0 Å². The molecule has 8 N–H and O–H groups in total. The quantitative estimate of drug-likeness (QED) is 0.0744. The zero-order valence-electron chi connectivity index (χ0n) is 49.8. The monoisotopic (exact) mass is 1140 g/mol. The molecule has 84 heavy (non-hydrogen) atoms. The van der Waals surface area contributed by atoms with E-state index in [0.717, 1.165) is 72.9 Å². The van der Waals surface area contributed by atoms with Crippen LogP contribution in [0, 0.1) is 5.92 Å². The summed E-state index contributed by atoms with van der Waals surface area (Å²) in [6.45, 7) is 16.5. The van der Waals surface area contributed by atoms with Gasteiger partial charge < -0.3 is 41.9 Å². The van der Waals surface area contributed by atoms with Crippen LogP contribution in [0.2, 0.25) is 0 Å². The molecule has 5 aliphatic rings. The average Bonchev–Trinajstić information content (AvgIpc) is 4.33. The summed E-state index contributed by atoms with van der Waals surface area (Å²) in [4.78, 5) is 2.64. The third-order valence-corrected chi connectivity index (χ3v) is 16.9. The zero-order valence-corrected chi connectivity index (χ0v) is 50.6. The zero-order chi connectivity index (χ0) is 58.5. The Morgan fingerprint density at radius 1 is 0.429 bits per heavy atom. The van der Waals surface area contributed by atoms with Crippen molar-refractivity contribution in [2.45, 2.75) is 170 Å². The SMILES string of the molecule is C.CC(C)Oc1ccc(C2CC2N)cc1.CC1CC1c1ccc(Sc2ccc(C(C)(C)C)cc2)cc1.CCOc1ccc(C2CC2N)cc1.NC1CC1c1ccc(OCc2ccccc2)cc1.NC1CC1c1ccc(Oc2ccccc2)cc1. The molecule has 10 unspecified atom stereocenters. The lowest BCUT2D eigenvalue weighted by molar-refractivity contribution is 0.242. The topological polar surface area (TPSA) is 141 Å². The second kappa shape index (κ2) is 29.8. The highest BCUT2D eigenvalue weighted by molar-refractivity contribution is 7.99. The second-order valence-corrected chi connectivity index (χ2v) is 25.5. The Morgan fingerprint density at radius 2 is 0.762 bits per heavy atom. The second-order valence-electron chi connectivity index (χ2n) is 24.4. The summed E-state index contributed by atoms with van der Waals surface area (Å²) >= 11 is 1.85. The van der Waals surface area contributed by atoms with E-state index in [1.165, 1.54) is 55.2 Å². The van der Waals surface area contributed by atoms with E-state index in [9.17, 15) is 0 Å². The molecule has 0 amide bonds. The van der Waals surface area contributed by atoms with Crippen LogP contribution in [0.15, 0.2) is 216 Å². The third kappa shape index (κ3) is 19.6. The van der Waals surface area contributed by atoms with Gasteiger partial charge in [0.15, 0.2) is 0 Å². The van der Waals surface area contributed by atoms with Gasteiger partial charge in [-0.25, -0.2) is 0 Å². The Bertz CT molecular complexity index is 3190. The first-order valence-corrected chi connectivity index (χ1v) is 30.9. The van der Waals surface area contributed by atoms with Gasteiger partial charge in [0, 0.05) is 57.6 Å². The summed E-state index contributed by atoms with van der Waals surface area (Å²) in [6, 6.07) is 72.7. The predicted molar refractivity (Wildman–Crippen MR) is 350 cm³/mol. The molecule has 5 fully saturated rings. The number of hydrogen-bond donors (Lipinski definition) is 4. The van der Waals surface area contributed by atoms with Crippen LogP contribution in [0.25, 0.3) is 0 Å². The van der Waals surface area contributed by atoms with Crippen LogP contribution in [-0.2, 0) is 12.0 Å². The fourth-order valence-electron chi connectivity index (χ4n) is 10.1. The maximum Gasteiger partial charge on any atom is 0.127 e. The van der Waals surface area contributed by atoms with Gasteiger partial charge in [0.05, 0.1) is 12.7 Å². The minimum atomic E-state index is 0. The van der Waals surface area contributed by atoms with Crippen molar-refractivity contribution in [3.8, 4) is 28.7 Å². The van der Waals surface area contributed by atoms with Crippen molar-refractivity contribution in [1.82, 2.24) is 0 Å². The maximum absolute atomic E-state index is 5.84. The summed E-state index contributed by atoms with van der Waals surface area (Å²) < 4.78 is 22.4. The van der Waals surface area contributed by atoms with Gasteiger partial charge in [-0.3, -0.25) is 0 Å². The Balaban J connectivity index is 0.000000138. The largest absolute Gasteiger partial charge is 0.494 e. The van der Waals surface area contributed by atoms with E-state index in [1.54, 1.807) is 0 Å². The van der Waals surface area contributed by atoms with E-state index in [-0.39, 0.29) is 18.9 Å². The Morgan fingerprint density at radius 3 is 1.13 bits per heavy atom. The molecule has 0 radical (unpaired) electrons. The summed E-state index contributed by atoms with van der Waals surface area (Å²) in [7, 11) is 0. The molecule has 0 bridgehead atoms. The third-order valence-electron chi connectivity index (χ3n) is 15.9. The van der Waals surface area contributed by atoms with Crippen LogP contribution in [0.1, 0.15) is 157 Å². The molecule has 0 heterocycles. The van der Waals surface area contributed by atoms with Crippen molar-refractivity contribution >= 4 is 11.8 Å². The highest BCUT2D eigenvalue weighted by Crippen LogP contribution is 2.47. The standard InChI is InChI=1S/C20H24S.C16H17NO.C15H15NO.C12H17NO.C11H15NO.CH4/c1-14-13-19(14)15-5-9-17(10-6-15)21-18-11-7-16(8-12-18)20(2,3)4;17-16-10-15(16)13-6-8-14(9-7-13)18-11-12-4-2-1-3-5-12;16-15-10-14(15)11-6-8-13(9-7-11)17-12-4-2-1-3-5-12;1-8(2)14-10-5-3-9(4-6-10)11-7-12(11)13;1-2-13-9-5-3-8(4-6-9)10-7-11(10)12;/h5-12,14,19H,13H2,1-4H3;1-9,15-16H,10-11,17H2;1-9,14-15H,10,16H2;3-6,8,11-12H,7,13H2,1-2H3;3-6,10-11H,2,7,12H2,1H3;1H4. The highest BCUT2D eigenvalue weighted by Gasteiger charge is 2.37. The van der Waals surface area contributed by atoms with Gasteiger partial charge in [0.25, 0.3) is 0 Å².